The lowest BCUT2D eigenvalue weighted by Gasteiger charge is -2.34. The fourth-order valence-electron chi connectivity index (χ4n) is 3.88. The van der Waals surface area contributed by atoms with E-state index in [1.54, 1.807) is 0 Å². The highest BCUT2D eigenvalue weighted by Gasteiger charge is 2.31. The summed E-state index contributed by atoms with van der Waals surface area (Å²) >= 11 is 0. The zero-order valence-electron chi connectivity index (χ0n) is 17.7. The molecule has 2 atom stereocenters. The molecular weight excluding hydrogens is 435 g/mol. The van der Waals surface area contributed by atoms with Gasteiger partial charge in [-0.15, -0.1) is 5.10 Å². The van der Waals surface area contributed by atoms with Crippen LogP contribution in [0.4, 0.5) is 10.4 Å². The smallest absolute Gasteiger partial charge is 0.322 e. The molecule has 0 bridgehead atoms. The highest BCUT2D eigenvalue weighted by atomic mass is 32.2. The van der Waals surface area contributed by atoms with E-state index in [9.17, 15) is 17.6 Å². The predicted octanol–water partition coefficient (Wildman–Crippen LogP) is 3.79. The Kier molecular flexibility index (Phi) is 6.07. The van der Waals surface area contributed by atoms with E-state index in [0.29, 0.717) is 30.5 Å². The Morgan fingerprint density at radius 3 is 2.28 bits per heavy atom. The summed E-state index contributed by atoms with van der Waals surface area (Å²) in [5, 5.41) is 10.1. The van der Waals surface area contributed by atoms with Gasteiger partial charge in [-0.2, -0.15) is 4.31 Å². The second kappa shape index (κ2) is 8.79. The number of sulfonamides is 1. The highest BCUT2D eigenvalue weighted by molar-refractivity contribution is 7.89. The van der Waals surface area contributed by atoms with Crippen LogP contribution in [0.3, 0.4) is 0 Å². The molecule has 1 aromatic heterocycles. The van der Waals surface area contributed by atoms with Crippen LogP contribution in [0.2, 0.25) is 0 Å². The predicted molar refractivity (Wildman–Crippen MR) is 116 cm³/mol. The summed E-state index contributed by atoms with van der Waals surface area (Å²) in [4.78, 5) is 12.6. The van der Waals surface area contributed by atoms with Crippen LogP contribution in [0.5, 0.6) is 0 Å². The molecule has 1 N–H and O–H groups in total. The first kappa shape index (κ1) is 22.1. The van der Waals surface area contributed by atoms with Gasteiger partial charge in [-0.1, -0.05) is 18.9 Å². The Morgan fingerprint density at radius 1 is 1.03 bits per heavy atom. The first-order valence-electron chi connectivity index (χ1n) is 10.2. The number of carbonyl (C=O) groups excluding carboxylic acids is 1. The molecule has 1 fully saturated rings. The maximum Gasteiger partial charge on any atom is 0.322 e. The average molecular weight is 459 g/mol. The summed E-state index contributed by atoms with van der Waals surface area (Å²) in [7, 11) is -3.63. The van der Waals surface area contributed by atoms with Crippen molar-refractivity contribution in [2.24, 2.45) is 11.8 Å². The number of halogens is 1. The Labute approximate surface area is 185 Å². The third-order valence-electron chi connectivity index (χ3n) is 5.33. The molecule has 0 unspecified atom stereocenters. The van der Waals surface area contributed by atoms with Gasteiger partial charge in [0.25, 0.3) is 5.91 Å². The second-order valence-corrected chi connectivity index (χ2v) is 10.1. The van der Waals surface area contributed by atoms with Crippen molar-refractivity contribution in [1.82, 2.24) is 14.5 Å². The molecule has 4 rings (SSSR count). The van der Waals surface area contributed by atoms with E-state index in [2.05, 4.69) is 15.5 Å². The van der Waals surface area contributed by atoms with Gasteiger partial charge in [0.1, 0.15) is 5.82 Å². The first-order chi connectivity index (χ1) is 15.2. The summed E-state index contributed by atoms with van der Waals surface area (Å²) in [6.45, 7) is 5.07. The minimum Gasteiger partial charge on any atom is -0.403 e. The Balaban J connectivity index is 1.45. The van der Waals surface area contributed by atoms with E-state index >= 15 is 0 Å². The quantitative estimate of drug-likeness (QED) is 0.624. The third-order valence-corrected chi connectivity index (χ3v) is 7.17. The number of rotatable bonds is 5. The number of carbonyl (C=O) groups is 1. The maximum absolute atomic E-state index is 13.0. The lowest BCUT2D eigenvalue weighted by Crippen LogP contribution is -2.42. The van der Waals surface area contributed by atoms with Crippen LogP contribution in [0.15, 0.2) is 57.8 Å². The number of amides is 1. The van der Waals surface area contributed by atoms with Crippen molar-refractivity contribution >= 4 is 21.9 Å². The fourth-order valence-corrected chi connectivity index (χ4v) is 5.56. The number of nitrogens with one attached hydrogen (secondary N) is 1. The van der Waals surface area contributed by atoms with Crippen molar-refractivity contribution in [3.8, 4) is 11.5 Å². The van der Waals surface area contributed by atoms with Gasteiger partial charge in [-0.25, -0.2) is 12.8 Å². The van der Waals surface area contributed by atoms with Gasteiger partial charge >= 0.3 is 6.01 Å². The normalized spacial score (nSPS) is 19.6. The Morgan fingerprint density at radius 2 is 1.66 bits per heavy atom. The highest BCUT2D eigenvalue weighted by Crippen LogP contribution is 2.27. The average Bonchev–Trinajstić information content (AvgIpc) is 3.22. The second-order valence-electron chi connectivity index (χ2n) is 8.17. The molecule has 0 saturated carbocycles. The SMILES string of the molecule is C[C@@H]1C[C@H](C)CN(S(=O)(=O)c2ccc(C(=O)Nc3nnc(-c4ccc(F)cc4)o3)cc2)C1. The fraction of sp³-hybridized carbons (Fsp3) is 0.318. The molecule has 2 aromatic carbocycles. The molecule has 0 radical (unpaired) electrons. The van der Waals surface area contributed by atoms with Crippen molar-refractivity contribution < 1.29 is 22.0 Å². The van der Waals surface area contributed by atoms with E-state index < -0.39 is 21.7 Å². The third kappa shape index (κ3) is 4.71. The molecule has 3 aromatic rings. The molecule has 10 heteroatoms. The summed E-state index contributed by atoms with van der Waals surface area (Å²) in [5.74, 6) is -0.188. The number of nitrogens with zero attached hydrogens (tertiary/aromatic N) is 3. The van der Waals surface area contributed by atoms with Gasteiger partial charge in [0, 0.05) is 24.2 Å². The summed E-state index contributed by atoms with van der Waals surface area (Å²) in [5.41, 5.74) is 0.751. The largest absolute Gasteiger partial charge is 0.403 e. The maximum atomic E-state index is 13.0. The monoisotopic (exact) mass is 458 g/mol. The van der Waals surface area contributed by atoms with Gasteiger partial charge < -0.3 is 4.42 Å². The van der Waals surface area contributed by atoms with Crippen molar-refractivity contribution in [3.05, 3.63) is 59.9 Å². The number of anilines is 1. The number of benzene rings is 2. The molecule has 1 aliphatic heterocycles. The molecule has 8 nitrogen and oxygen atoms in total. The molecule has 0 spiro atoms. The molecular formula is C22H23FN4O4S. The van der Waals surface area contributed by atoms with Gasteiger partial charge in [0.2, 0.25) is 15.9 Å². The lowest BCUT2D eigenvalue weighted by atomic mass is 9.94. The van der Waals surface area contributed by atoms with Crippen molar-refractivity contribution in [2.75, 3.05) is 18.4 Å². The van der Waals surface area contributed by atoms with Crippen molar-refractivity contribution in [1.29, 1.82) is 0 Å². The minimum atomic E-state index is -3.63. The summed E-state index contributed by atoms with van der Waals surface area (Å²) in [6.07, 6.45) is 1.00. The zero-order chi connectivity index (χ0) is 22.9. The van der Waals surface area contributed by atoms with E-state index in [-0.39, 0.29) is 22.4 Å². The zero-order valence-corrected chi connectivity index (χ0v) is 18.5. The standard InChI is InChI=1S/C22H23FN4O4S/c1-14-11-15(2)13-27(12-14)32(29,30)19-9-5-16(6-10-19)20(28)24-22-26-25-21(31-22)17-3-7-18(23)8-4-17/h3-10,14-15H,11-13H2,1-2H3,(H,24,26,28)/t14-,15+. The summed E-state index contributed by atoms with van der Waals surface area (Å²) < 4.78 is 45.9. The van der Waals surface area contributed by atoms with Crippen LogP contribution in [-0.4, -0.2) is 41.9 Å². The molecule has 32 heavy (non-hydrogen) atoms. The van der Waals surface area contributed by atoms with Crippen molar-refractivity contribution in [2.45, 2.75) is 25.2 Å². The Bertz CT molecular complexity index is 1200. The molecule has 168 valence electrons. The van der Waals surface area contributed by atoms with Gasteiger partial charge in [0.15, 0.2) is 0 Å². The van der Waals surface area contributed by atoms with Crippen LogP contribution in [0.1, 0.15) is 30.6 Å². The lowest BCUT2D eigenvalue weighted by molar-refractivity contribution is 0.102. The van der Waals surface area contributed by atoms with Crippen LogP contribution < -0.4 is 5.32 Å². The van der Waals surface area contributed by atoms with Gasteiger partial charge in [-0.3, -0.25) is 10.1 Å². The molecule has 1 saturated heterocycles. The van der Waals surface area contributed by atoms with Crippen LogP contribution in [-0.2, 0) is 10.0 Å². The van der Waals surface area contributed by atoms with Gasteiger partial charge in [-0.05, 0) is 66.8 Å². The molecule has 0 aliphatic carbocycles. The minimum absolute atomic E-state index is 0.123. The topological polar surface area (TPSA) is 105 Å². The molecule has 1 aliphatic rings. The number of hydrogen-bond acceptors (Lipinski definition) is 6. The van der Waals surface area contributed by atoms with E-state index in [1.165, 1.54) is 52.8 Å². The van der Waals surface area contributed by atoms with Crippen LogP contribution in [0, 0.1) is 17.7 Å². The van der Waals surface area contributed by atoms with Crippen LogP contribution in [0.25, 0.3) is 11.5 Å². The van der Waals surface area contributed by atoms with E-state index in [4.69, 9.17) is 4.42 Å². The number of aromatic nitrogens is 2. The Hall–Kier alpha value is -3.11. The number of piperidine rings is 1. The van der Waals surface area contributed by atoms with Crippen LogP contribution >= 0.6 is 0 Å². The summed E-state index contributed by atoms with van der Waals surface area (Å²) in [6, 6.07) is 11.1. The van der Waals surface area contributed by atoms with E-state index in [1.807, 2.05) is 13.8 Å². The molecule has 1 amide bonds. The molecule has 2 heterocycles. The van der Waals surface area contributed by atoms with E-state index in [0.717, 1.165) is 6.42 Å². The first-order valence-corrected chi connectivity index (χ1v) is 11.7. The number of hydrogen-bond donors (Lipinski definition) is 1. The van der Waals surface area contributed by atoms with Gasteiger partial charge in [0.05, 0.1) is 4.90 Å². The van der Waals surface area contributed by atoms with Crippen molar-refractivity contribution in [3.63, 3.8) is 0 Å².